The van der Waals surface area contributed by atoms with Gasteiger partial charge in [0, 0.05) is 0 Å². The Morgan fingerprint density at radius 2 is 1.85 bits per heavy atom. The third-order valence-electron chi connectivity index (χ3n) is 2.92. The molecule has 0 atom stereocenters. The molecule has 0 saturated heterocycles. The van der Waals surface area contributed by atoms with Gasteiger partial charge in [0.2, 0.25) is 0 Å². The molecule has 0 spiro atoms. The van der Waals surface area contributed by atoms with Crippen molar-refractivity contribution in [3.05, 3.63) is 58.9 Å². The molecule has 102 valence electrons. The summed E-state index contributed by atoms with van der Waals surface area (Å²) < 4.78 is 41.0. The van der Waals surface area contributed by atoms with Gasteiger partial charge >= 0.3 is 130 Å². The number of aryl methyl sites for hydroxylation is 1. The average Bonchev–Trinajstić information content (AvgIpc) is 2.42. The van der Waals surface area contributed by atoms with E-state index in [2.05, 4.69) is 0 Å². The Morgan fingerprint density at radius 1 is 1.10 bits per heavy atom. The van der Waals surface area contributed by atoms with Crippen molar-refractivity contribution in [3.63, 3.8) is 0 Å². The van der Waals surface area contributed by atoms with Gasteiger partial charge in [-0.25, -0.2) is 0 Å². The van der Waals surface area contributed by atoms with Gasteiger partial charge in [-0.3, -0.25) is 0 Å². The van der Waals surface area contributed by atoms with Gasteiger partial charge in [-0.05, 0) is 0 Å². The fraction of sp³-hybridized carbons (Fsp3) is 0.143. The van der Waals surface area contributed by atoms with Crippen LogP contribution in [0.3, 0.4) is 0 Å². The number of aliphatic hydroxyl groups is 1. The van der Waals surface area contributed by atoms with E-state index >= 15 is 0 Å². The van der Waals surface area contributed by atoms with Crippen LogP contribution in [0, 0.1) is 24.4 Å². The van der Waals surface area contributed by atoms with E-state index in [1.807, 2.05) is 0 Å². The van der Waals surface area contributed by atoms with Gasteiger partial charge in [0.05, 0.1) is 0 Å². The number of hydrogen-bond donors (Lipinski definition) is 1. The maximum absolute atomic E-state index is 13.8. The van der Waals surface area contributed by atoms with E-state index in [1.165, 1.54) is 20.4 Å². The predicted octanol–water partition coefficient (Wildman–Crippen LogP) is 3.32. The molecule has 0 unspecified atom stereocenters. The Bertz CT molecular complexity index is 634. The molecule has 0 heterocycles. The zero-order valence-electron chi connectivity index (χ0n) is 10.8. The summed E-state index contributed by atoms with van der Waals surface area (Å²) in [5, 5.41) is 9.19. The van der Waals surface area contributed by atoms with E-state index in [0.717, 1.165) is 11.6 Å². The van der Waals surface area contributed by atoms with Gasteiger partial charge in [0.1, 0.15) is 0 Å². The van der Waals surface area contributed by atoms with Gasteiger partial charge in [-0.2, -0.15) is 0 Å². The molecule has 0 amide bonds. The van der Waals surface area contributed by atoms with E-state index < -0.39 is 34.7 Å². The minimum absolute atomic E-state index is 0.289. The molecule has 0 radical (unpaired) electrons. The summed E-state index contributed by atoms with van der Waals surface area (Å²) in [5.74, 6) is -2.14. The summed E-state index contributed by atoms with van der Waals surface area (Å²) in [5.41, 5.74) is 1.22. The van der Waals surface area contributed by atoms with Gasteiger partial charge in [0.15, 0.2) is 0 Å². The Hall–Kier alpha value is -0.525. The van der Waals surface area contributed by atoms with Crippen molar-refractivity contribution in [1.29, 1.82) is 0 Å². The second kappa shape index (κ2) is 6.96. The molecule has 0 aliphatic heterocycles. The summed E-state index contributed by atoms with van der Waals surface area (Å²) in [6.45, 7) is 1.46. The molecule has 20 heavy (non-hydrogen) atoms. The Labute approximate surface area is 129 Å². The third kappa shape index (κ3) is 3.57. The Kier molecular flexibility index (Phi) is 5.52. The fourth-order valence-electron chi connectivity index (χ4n) is 1.81. The van der Waals surface area contributed by atoms with E-state index in [0.29, 0.717) is 10.5 Å². The van der Waals surface area contributed by atoms with Gasteiger partial charge in [0.25, 0.3) is 0 Å². The molecule has 0 aromatic heterocycles. The molecule has 0 bridgehead atoms. The van der Waals surface area contributed by atoms with Crippen LogP contribution in [0.1, 0.15) is 11.1 Å². The van der Waals surface area contributed by atoms with Crippen LogP contribution in [0.25, 0.3) is 0 Å². The Morgan fingerprint density at radius 3 is 2.50 bits per heavy atom. The first-order valence-corrected chi connectivity index (χ1v) is 16.4. The molecule has 2 rings (SSSR count). The van der Waals surface area contributed by atoms with Crippen molar-refractivity contribution in [2.75, 3.05) is 0 Å². The van der Waals surface area contributed by atoms with Crippen LogP contribution < -0.4 is 3.07 Å². The van der Waals surface area contributed by atoms with Crippen LogP contribution in [0.2, 0.25) is 0 Å². The van der Waals surface area contributed by atoms with Crippen LogP contribution in [-0.4, -0.2) is 5.11 Å². The molecule has 0 fully saturated rings. The van der Waals surface area contributed by atoms with Crippen LogP contribution in [0.5, 0.6) is 0 Å². The topological polar surface area (TPSA) is 20.2 Å². The SMILES string of the molecule is Cc1ccc([S][Hg][c]2c(CO)ccc(F)c2F)c(F)c1. The molecule has 0 aliphatic carbocycles. The van der Waals surface area contributed by atoms with E-state index in [-0.39, 0.29) is 15.5 Å². The van der Waals surface area contributed by atoms with Gasteiger partial charge in [-0.15, -0.1) is 0 Å². The quantitative estimate of drug-likeness (QED) is 0.672. The number of rotatable bonds is 4. The summed E-state index contributed by atoms with van der Waals surface area (Å²) in [4.78, 5) is 0.463. The fourth-order valence-corrected chi connectivity index (χ4v) is 14.2. The summed E-state index contributed by atoms with van der Waals surface area (Å²) in [6, 6.07) is 7.26. The van der Waals surface area contributed by atoms with Crippen molar-refractivity contribution in [3.8, 4) is 0 Å². The van der Waals surface area contributed by atoms with Crippen molar-refractivity contribution >= 4 is 11.3 Å². The van der Waals surface area contributed by atoms with Crippen LogP contribution in [-0.2, 0) is 29.7 Å². The normalized spacial score (nSPS) is 10.4. The molecule has 2 aromatic carbocycles. The summed E-state index contributed by atoms with van der Waals surface area (Å²) in [6.07, 6.45) is 0. The molecule has 0 aliphatic rings. The number of hydrogen-bond acceptors (Lipinski definition) is 2. The monoisotopic (exact) mass is 486 g/mol. The van der Waals surface area contributed by atoms with Crippen molar-refractivity contribution < 1.29 is 41.3 Å². The number of benzene rings is 2. The second-order valence-electron chi connectivity index (χ2n) is 4.38. The van der Waals surface area contributed by atoms with Crippen molar-refractivity contribution in [1.82, 2.24) is 0 Å². The average molecular weight is 485 g/mol. The zero-order chi connectivity index (χ0) is 14.7. The first-order valence-electron chi connectivity index (χ1n) is 5.98. The van der Waals surface area contributed by atoms with Crippen LogP contribution in [0.15, 0.2) is 35.2 Å². The summed E-state index contributed by atoms with van der Waals surface area (Å²) >= 11 is -2.16. The predicted molar refractivity (Wildman–Crippen MR) is 68.9 cm³/mol. The molecule has 6 heteroatoms. The van der Waals surface area contributed by atoms with Crippen LogP contribution >= 0.6 is 8.24 Å². The molecular weight excluding hydrogens is 474 g/mol. The van der Waals surface area contributed by atoms with Crippen molar-refractivity contribution in [2.24, 2.45) is 0 Å². The van der Waals surface area contributed by atoms with E-state index in [4.69, 9.17) is 0 Å². The molecular formula is C14H11F3HgOS. The Balaban J connectivity index is 2.24. The van der Waals surface area contributed by atoms with Gasteiger partial charge < -0.3 is 0 Å². The van der Waals surface area contributed by atoms with E-state index in [9.17, 15) is 18.3 Å². The standard InChI is InChI=1S/C7H5F2O.C7H7FS.Hg/c8-6-2-1-5(4-10)3-7(6)9;1-5-2-3-7(9)6(8)4-5;/h1-2,10H,4H2;2-4,9H,1H3;/q;;+1/p-1. The van der Waals surface area contributed by atoms with Crippen LogP contribution in [0.4, 0.5) is 13.2 Å². The number of aliphatic hydroxyl groups excluding tert-OH is 1. The third-order valence-corrected chi connectivity index (χ3v) is 15.6. The molecule has 1 N–H and O–H groups in total. The molecule has 1 nitrogen and oxygen atoms in total. The zero-order valence-corrected chi connectivity index (χ0v) is 17.1. The maximum atomic E-state index is 13.8. The molecule has 2 aromatic rings. The second-order valence-corrected chi connectivity index (χ2v) is 14.9. The summed E-state index contributed by atoms with van der Waals surface area (Å²) in [7, 11) is 1.29. The number of halogens is 3. The van der Waals surface area contributed by atoms with E-state index in [1.54, 1.807) is 19.1 Å². The van der Waals surface area contributed by atoms with Crippen molar-refractivity contribution in [2.45, 2.75) is 18.4 Å². The van der Waals surface area contributed by atoms with Gasteiger partial charge in [-0.1, -0.05) is 0 Å². The first kappa shape index (κ1) is 15.9. The first-order chi connectivity index (χ1) is 9.52. The minimum atomic E-state index is -2.16. The molecule has 0 saturated carbocycles.